The molecule has 106 valence electrons. The van der Waals surface area contributed by atoms with Gasteiger partial charge in [0.15, 0.2) is 0 Å². The van der Waals surface area contributed by atoms with Crippen LogP contribution in [0.5, 0.6) is 0 Å². The lowest BCUT2D eigenvalue weighted by molar-refractivity contribution is 0.173. The Bertz CT molecular complexity index is 548. The Kier molecular flexibility index (Phi) is 4.80. The number of nitrogens with zero attached hydrogens (tertiary/aromatic N) is 1. The molecule has 0 amide bonds. The molecule has 0 bridgehead atoms. The monoisotopic (exact) mass is 269 g/mol. The van der Waals surface area contributed by atoms with E-state index in [-0.39, 0.29) is 6.10 Å². The highest BCUT2D eigenvalue weighted by molar-refractivity contribution is 5.66. The molecule has 0 aliphatic heterocycles. The lowest BCUT2D eigenvalue weighted by Gasteiger charge is -2.25. The fourth-order valence-corrected chi connectivity index (χ4v) is 2.47. The normalized spacial score (nSPS) is 12.2. The molecule has 20 heavy (non-hydrogen) atoms. The molecule has 0 saturated carbocycles. The van der Waals surface area contributed by atoms with Crippen molar-refractivity contribution in [3.8, 4) is 0 Å². The standard InChI is InChI=1S/C18H23NO/c1-4-18(20)15-10-12-16(13-11-15)19(5-2)17-9-7-6-8-14(17)3/h6-13,18,20H,4-5H2,1-3H3. The third-order valence-electron chi connectivity index (χ3n) is 3.70. The summed E-state index contributed by atoms with van der Waals surface area (Å²) in [6.07, 6.45) is 0.381. The van der Waals surface area contributed by atoms with Crippen LogP contribution in [0.4, 0.5) is 11.4 Å². The van der Waals surface area contributed by atoms with Gasteiger partial charge in [0.05, 0.1) is 6.10 Å². The van der Waals surface area contributed by atoms with E-state index in [1.807, 2.05) is 19.1 Å². The molecule has 0 saturated heterocycles. The van der Waals surface area contributed by atoms with Gasteiger partial charge in [0.25, 0.3) is 0 Å². The van der Waals surface area contributed by atoms with Crippen LogP contribution in [0.15, 0.2) is 48.5 Å². The highest BCUT2D eigenvalue weighted by Gasteiger charge is 2.10. The van der Waals surface area contributed by atoms with Gasteiger partial charge in [-0.05, 0) is 49.6 Å². The number of hydrogen-bond acceptors (Lipinski definition) is 2. The van der Waals surface area contributed by atoms with Gasteiger partial charge in [0, 0.05) is 17.9 Å². The van der Waals surface area contributed by atoms with Gasteiger partial charge >= 0.3 is 0 Å². The first-order valence-corrected chi connectivity index (χ1v) is 7.28. The molecule has 0 heterocycles. The van der Waals surface area contributed by atoms with Crippen molar-refractivity contribution in [3.05, 3.63) is 59.7 Å². The number of para-hydroxylation sites is 1. The summed E-state index contributed by atoms with van der Waals surface area (Å²) in [6, 6.07) is 16.6. The molecule has 2 nitrogen and oxygen atoms in total. The first-order valence-electron chi connectivity index (χ1n) is 7.28. The summed E-state index contributed by atoms with van der Waals surface area (Å²) >= 11 is 0. The Hall–Kier alpha value is -1.80. The number of aryl methyl sites for hydroxylation is 1. The summed E-state index contributed by atoms with van der Waals surface area (Å²) < 4.78 is 0. The Morgan fingerprint density at radius 3 is 2.20 bits per heavy atom. The molecule has 0 fully saturated rings. The third kappa shape index (κ3) is 3.02. The van der Waals surface area contributed by atoms with Crippen molar-refractivity contribution >= 4 is 11.4 Å². The van der Waals surface area contributed by atoms with Gasteiger partial charge in [0.2, 0.25) is 0 Å². The lowest BCUT2D eigenvalue weighted by Crippen LogP contribution is -2.17. The molecule has 0 spiro atoms. The highest BCUT2D eigenvalue weighted by atomic mass is 16.3. The second-order valence-corrected chi connectivity index (χ2v) is 5.05. The lowest BCUT2D eigenvalue weighted by atomic mass is 10.1. The molecule has 2 aromatic carbocycles. The van der Waals surface area contributed by atoms with Crippen molar-refractivity contribution in [1.29, 1.82) is 0 Å². The minimum Gasteiger partial charge on any atom is -0.388 e. The molecule has 0 aliphatic rings. The number of aliphatic hydroxyl groups excluding tert-OH is 1. The van der Waals surface area contributed by atoms with E-state index in [4.69, 9.17) is 0 Å². The van der Waals surface area contributed by atoms with Crippen molar-refractivity contribution in [3.63, 3.8) is 0 Å². The Morgan fingerprint density at radius 2 is 1.65 bits per heavy atom. The van der Waals surface area contributed by atoms with Gasteiger partial charge in [0.1, 0.15) is 0 Å². The van der Waals surface area contributed by atoms with Crippen LogP contribution in [0.3, 0.4) is 0 Å². The van der Waals surface area contributed by atoms with E-state index in [0.29, 0.717) is 0 Å². The summed E-state index contributed by atoms with van der Waals surface area (Å²) in [5.74, 6) is 0. The second kappa shape index (κ2) is 6.58. The van der Waals surface area contributed by atoms with E-state index in [1.54, 1.807) is 0 Å². The summed E-state index contributed by atoms with van der Waals surface area (Å²) in [7, 11) is 0. The molecule has 1 unspecified atom stereocenters. The molecule has 0 radical (unpaired) electrons. The minimum atomic E-state index is -0.363. The average Bonchev–Trinajstić information content (AvgIpc) is 2.50. The number of aliphatic hydroxyl groups is 1. The fraction of sp³-hybridized carbons (Fsp3) is 0.333. The van der Waals surface area contributed by atoms with E-state index in [2.05, 4.69) is 55.1 Å². The maximum Gasteiger partial charge on any atom is 0.0787 e. The van der Waals surface area contributed by atoms with E-state index in [9.17, 15) is 5.11 Å². The van der Waals surface area contributed by atoms with Gasteiger partial charge in [-0.2, -0.15) is 0 Å². The summed E-state index contributed by atoms with van der Waals surface area (Å²) in [6.45, 7) is 7.19. The van der Waals surface area contributed by atoms with Crippen molar-refractivity contribution in [2.75, 3.05) is 11.4 Å². The van der Waals surface area contributed by atoms with Crippen LogP contribution in [0.2, 0.25) is 0 Å². The maximum absolute atomic E-state index is 9.86. The van der Waals surface area contributed by atoms with Crippen molar-refractivity contribution < 1.29 is 5.11 Å². The van der Waals surface area contributed by atoms with Crippen LogP contribution in [0, 0.1) is 6.92 Å². The zero-order valence-corrected chi connectivity index (χ0v) is 12.5. The molecule has 0 aliphatic carbocycles. The highest BCUT2D eigenvalue weighted by Crippen LogP contribution is 2.29. The van der Waals surface area contributed by atoms with E-state index in [1.165, 1.54) is 11.3 Å². The summed E-state index contributed by atoms with van der Waals surface area (Å²) in [5.41, 5.74) is 4.65. The number of anilines is 2. The predicted octanol–water partition coefficient (Wildman–Crippen LogP) is 4.60. The smallest absolute Gasteiger partial charge is 0.0787 e. The maximum atomic E-state index is 9.86. The first kappa shape index (κ1) is 14.6. The van der Waals surface area contributed by atoms with Crippen molar-refractivity contribution in [2.45, 2.75) is 33.3 Å². The molecular weight excluding hydrogens is 246 g/mol. The van der Waals surface area contributed by atoms with Crippen LogP contribution >= 0.6 is 0 Å². The van der Waals surface area contributed by atoms with E-state index < -0.39 is 0 Å². The first-order chi connectivity index (χ1) is 9.67. The van der Waals surface area contributed by atoms with Crippen LogP contribution in [-0.2, 0) is 0 Å². The number of hydrogen-bond donors (Lipinski definition) is 1. The van der Waals surface area contributed by atoms with Crippen LogP contribution < -0.4 is 4.90 Å². The Morgan fingerprint density at radius 1 is 1.00 bits per heavy atom. The number of benzene rings is 2. The quantitative estimate of drug-likeness (QED) is 0.857. The fourth-order valence-electron chi connectivity index (χ4n) is 2.47. The molecule has 2 rings (SSSR count). The molecule has 2 aromatic rings. The average molecular weight is 269 g/mol. The molecule has 1 N–H and O–H groups in total. The molecule has 1 atom stereocenters. The van der Waals surface area contributed by atoms with Crippen LogP contribution in [0.1, 0.15) is 37.5 Å². The van der Waals surface area contributed by atoms with Gasteiger partial charge in [-0.15, -0.1) is 0 Å². The van der Waals surface area contributed by atoms with Gasteiger partial charge in [-0.25, -0.2) is 0 Å². The van der Waals surface area contributed by atoms with E-state index in [0.717, 1.165) is 24.2 Å². The van der Waals surface area contributed by atoms with Gasteiger partial charge in [-0.1, -0.05) is 37.3 Å². The number of rotatable bonds is 5. The van der Waals surface area contributed by atoms with Gasteiger partial charge < -0.3 is 10.0 Å². The topological polar surface area (TPSA) is 23.5 Å². The summed E-state index contributed by atoms with van der Waals surface area (Å²) in [5, 5.41) is 9.86. The Balaban J connectivity index is 2.31. The minimum absolute atomic E-state index is 0.363. The zero-order chi connectivity index (χ0) is 14.5. The van der Waals surface area contributed by atoms with E-state index >= 15 is 0 Å². The molecule has 0 aromatic heterocycles. The predicted molar refractivity (Wildman–Crippen MR) is 85.6 cm³/mol. The van der Waals surface area contributed by atoms with Crippen LogP contribution in [0.25, 0.3) is 0 Å². The third-order valence-corrected chi connectivity index (χ3v) is 3.70. The second-order valence-electron chi connectivity index (χ2n) is 5.05. The zero-order valence-electron chi connectivity index (χ0n) is 12.5. The SMILES string of the molecule is CCC(O)c1ccc(N(CC)c2ccccc2C)cc1. The Labute approximate surface area is 121 Å². The molecule has 2 heteroatoms. The molecular formula is C18H23NO. The summed E-state index contributed by atoms with van der Waals surface area (Å²) in [4.78, 5) is 2.29. The van der Waals surface area contributed by atoms with Gasteiger partial charge in [-0.3, -0.25) is 0 Å². The largest absolute Gasteiger partial charge is 0.388 e. The van der Waals surface area contributed by atoms with Crippen molar-refractivity contribution in [1.82, 2.24) is 0 Å². The van der Waals surface area contributed by atoms with Crippen LogP contribution in [-0.4, -0.2) is 11.7 Å². The van der Waals surface area contributed by atoms with Crippen molar-refractivity contribution in [2.24, 2.45) is 0 Å².